The molecule has 0 aliphatic heterocycles. The largest absolute Gasteiger partial charge is 0.476 e. The van der Waals surface area contributed by atoms with Gasteiger partial charge in [-0.15, -0.1) is 11.3 Å². The first-order chi connectivity index (χ1) is 7.70. The van der Waals surface area contributed by atoms with Crippen molar-refractivity contribution in [3.63, 3.8) is 0 Å². The van der Waals surface area contributed by atoms with Crippen molar-refractivity contribution in [3.05, 3.63) is 11.2 Å². The summed E-state index contributed by atoms with van der Waals surface area (Å²) in [4.78, 5) is 14.6. The Kier molecular flexibility index (Phi) is 3.40. The van der Waals surface area contributed by atoms with E-state index in [1.54, 1.807) is 5.51 Å². The molecule has 16 heavy (non-hydrogen) atoms. The number of aromatic carboxylic acids is 1. The Hall–Kier alpha value is -1.14. The van der Waals surface area contributed by atoms with Crippen molar-refractivity contribution in [1.29, 1.82) is 0 Å². The van der Waals surface area contributed by atoms with E-state index in [9.17, 15) is 4.79 Å². The Labute approximate surface area is 97.5 Å². The predicted molar refractivity (Wildman–Crippen MR) is 61.1 cm³/mol. The molecular formula is C10H14N2O3S. The van der Waals surface area contributed by atoms with Gasteiger partial charge in [0, 0.05) is 12.6 Å². The molecule has 0 saturated heterocycles. The van der Waals surface area contributed by atoms with Crippen LogP contribution in [0.4, 0.5) is 5.00 Å². The zero-order valence-corrected chi connectivity index (χ0v) is 9.79. The van der Waals surface area contributed by atoms with E-state index in [-0.39, 0.29) is 5.69 Å². The van der Waals surface area contributed by atoms with Crippen LogP contribution < -0.4 is 5.32 Å². The van der Waals surface area contributed by atoms with Gasteiger partial charge in [0.2, 0.25) is 0 Å². The molecular weight excluding hydrogens is 228 g/mol. The molecule has 1 aromatic rings. The molecule has 0 amide bonds. The van der Waals surface area contributed by atoms with E-state index in [0.717, 1.165) is 19.4 Å². The molecule has 5 nitrogen and oxygen atoms in total. The third kappa shape index (κ3) is 2.33. The molecule has 88 valence electrons. The lowest BCUT2D eigenvalue weighted by molar-refractivity contribution is 0.00304. The van der Waals surface area contributed by atoms with E-state index >= 15 is 0 Å². The average molecular weight is 242 g/mol. The Morgan fingerprint density at radius 2 is 2.50 bits per heavy atom. The fourth-order valence-electron chi connectivity index (χ4n) is 1.74. The summed E-state index contributed by atoms with van der Waals surface area (Å²) in [5.74, 6) is -0.982. The quantitative estimate of drug-likeness (QED) is 0.824. The van der Waals surface area contributed by atoms with Crippen LogP contribution in [0.2, 0.25) is 0 Å². The standard InChI is InChI=1S/C10H14N2O3S/c1-2-15-7-3-6(4-7)12-9-8(10(13)14)11-5-16-9/h5-7,12H,2-4H2,1H3,(H,13,14). The van der Waals surface area contributed by atoms with Crippen molar-refractivity contribution in [2.24, 2.45) is 0 Å². The highest BCUT2D eigenvalue weighted by molar-refractivity contribution is 7.14. The number of anilines is 1. The minimum absolute atomic E-state index is 0.116. The third-order valence-electron chi connectivity index (χ3n) is 2.60. The van der Waals surface area contributed by atoms with Gasteiger partial charge in [-0.05, 0) is 19.8 Å². The summed E-state index contributed by atoms with van der Waals surface area (Å²) in [5.41, 5.74) is 1.66. The van der Waals surface area contributed by atoms with E-state index < -0.39 is 5.97 Å². The van der Waals surface area contributed by atoms with Gasteiger partial charge < -0.3 is 15.2 Å². The summed E-state index contributed by atoms with van der Waals surface area (Å²) < 4.78 is 5.44. The summed E-state index contributed by atoms with van der Waals surface area (Å²) >= 11 is 1.33. The molecule has 0 unspecified atom stereocenters. The van der Waals surface area contributed by atoms with Crippen LogP contribution in [0, 0.1) is 0 Å². The van der Waals surface area contributed by atoms with Gasteiger partial charge in [0.05, 0.1) is 11.6 Å². The van der Waals surface area contributed by atoms with Crippen molar-refractivity contribution >= 4 is 22.3 Å². The van der Waals surface area contributed by atoms with Gasteiger partial charge in [-0.3, -0.25) is 0 Å². The van der Waals surface area contributed by atoms with Crippen molar-refractivity contribution < 1.29 is 14.6 Å². The number of hydrogen-bond donors (Lipinski definition) is 2. The molecule has 6 heteroatoms. The lowest BCUT2D eigenvalue weighted by Gasteiger charge is -2.35. The zero-order valence-electron chi connectivity index (χ0n) is 8.97. The van der Waals surface area contributed by atoms with E-state index in [4.69, 9.17) is 9.84 Å². The molecule has 0 bridgehead atoms. The predicted octanol–water partition coefficient (Wildman–Crippen LogP) is 1.82. The lowest BCUT2D eigenvalue weighted by atomic mass is 9.89. The van der Waals surface area contributed by atoms with Crippen molar-refractivity contribution in [2.45, 2.75) is 31.9 Å². The van der Waals surface area contributed by atoms with Gasteiger partial charge in [-0.1, -0.05) is 0 Å². The molecule has 0 aromatic carbocycles. The van der Waals surface area contributed by atoms with Gasteiger partial charge in [0.15, 0.2) is 5.69 Å². The molecule has 1 aliphatic carbocycles. The molecule has 1 aromatic heterocycles. The maximum absolute atomic E-state index is 10.8. The average Bonchev–Trinajstić information content (AvgIpc) is 2.62. The van der Waals surface area contributed by atoms with E-state index in [0.29, 0.717) is 17.1 Å². The Morgan fingerprint density at radius 1 is 1.75 bits per heavy atom. The molecule has 1 aliphatic rings. The fourth-order valence-corrected chi connectivity index (χ4v) is 2.49. The van der Waals surface area contributed by atoms with Gasteiger partial charge in [-0.2, -0.15) is 0 Å². The molecule has 1 heterocycles. The minimum atomic E-state index is -0.982. The molecule has 0 spiro atoms. The number of ether oxygens (including phenoxy) is 1. The highest BCUT2D eigenvalue weighted by Crippen LogP contribution is 2.29. The number of aromatic nitrogens is 1. The summed E-state index contributed by atoms with van der Waals surface area (Å²) in [5, 5.41) is 12.7. The summed E-state index contributed by atoms with van der Waals surface area (Å²) in [6, 6.07) is 0.315. The first kappa shape index (κ1) is 11.3. The second kappa shape index (κ2) is 4.80. The fraction of sp³-hybridized carbons (Fsp3) is 0.600. The first-order valence-electron chi connectivity index (χ1n) is 5.25. The van der Waals surface area contributed by atoms with Gasteiger partial charge in [0.25, 0.3) is 0 Å². The monoisotopic (exact) mass is 242 g/mol. The molecule has 0 atom stereocenters. The van der Waals surface area contributed by atoms with Crippen LogP contribution in [0.5, 0.6) is 0 Å². The van der Waals surface area contributed by atoms with E-state index in [1.165, 1.54) is 11.3 Å². The Bertz CT molecular complexity index is 374. The maximum atomic E-state index is 10.8. The molecule has 1 fully saturated rings. The maximum Gasteiger partial charge on any atom is 0.357 e. The molecule has 2 rings (SSSR count). The van der Waals surface area contributed by atoms with E-state index in [1.807, 2.05) is 6.92 Å². The summed E-state index contributed by atoms with van der Waals surface area (Å²) in [7, 11) is 0. The van der Waals surface area contributed by atoms with Crippen LogP contribution in [0.1, 0.15) is 30.3 Å². The van der Waals surface area contributed by atoms with Crippen LogP contribution in [-0.2, 0) is 4.74 Å². The molecule has 0 radical (unpaired) electrons. The second-order valence-electron chi connectivity index (χ2n) is 3.73. The van der Waals surface area contributed by atoms with Crippen LogP contribution in [0.3, 0.4) is 0 Å². The zero-order chi connectivity index (χ0) is 11.5. The molecule has 2 N–H and O–H groups in total. The number of thiazole rings is 1. The number of rotatable bonds is 5. The van der Waals surface area contributed by atoms with Gasteiger partial charge >= 0.3 is 5.97 Å². The Morgan fingerprint density at radius 3 is 3.12 bits per heavy atom. The van der Waals surface area contributed by atoms with Crippen LogP contribution >= 0.6 is 11.3 Å². The highest BCUT2D eigenvalue weighted by atomic mass is 32.1. The number of nitrogens with one attached hydrogen (secondary N) is 1. The van der Waals surface area contributed by atoms with Crippen LogP contribution in [0.15, 0.2) is 5.51 Å². The number of carboxylic acids is 1. The van der Waals surface area contributed by atoms with Crippen molar-refractivity contribution in [2.75, 3.05) is 11.9 Å². The number of nitrogens with zero attached hydrogens (tertiary/aromatic N) is 1. The minimum Gasteiger partial charge on any atom is -0.476 e. The molecule has 1 saturated carbocycles. The highest BCUT2D eigenvalue weighted by Gasteiger charge is 2.30. The normalized spacial score (nSPS) is 23.8. The summed E-state index contributed by atoms with van der Waals surface area (Å²) in [6.07, 6.45) is 2.19. The lowest BCUT2D eigenvalue weighted by Crippen LogP contribution is -2.40. The van der Waals surface area contributed by atoms with E-state index in [2.05, 4.69) is 10.3 Å². The smallest absolute Gasteiger partial charge is 0.357 e. The first-order valence-corrected chi connectivity index (χ1v) is 6.13. The number of carbonyl (C=O) groups is 1. The summed E-state index contributed by atoms with van der Waals surface area (Å²) in [6.45, 7) is 2.71. The Balaban J connectivity index is 1.87. The van der Waals surface area contributed by atoms with Crippen molar-refractivity contribution in [1.82, 2.24) is 4.98 Å². The number of hydrogen-bond acceptors (Lipinski definition) is 5. The van der Waals surface area contributed by atoms with Crippen LogP contribution in [0.25, 0.3) is 0 Å². The SMILES string of the molecule is CCOC1CC(Nc2scnc2C(=O)O)C1. The topological polar surface area (TPSA) is 71.5 Å². The second-order valence-corrected chi connectivity index (χ2v) is 4.58. The number of carboxylic acid groups (broad SMARTS) is 1. The van der Waals surface area contributed by atoms with Crippen molar-refractivity contribution in [3.8, 4) is 0 Å². The third-order valence-corrected chi connectivity index (χ3v) is 3.36. The van der Waals surface area contributed by atoms with Gasteiger partial charge in [-0.25, -0.2) is 9.78 Å². The van der Waals surface area contributed by atoms with Crippen LogP contribution in [-0.4, -0.2) is 34.8 Å². The van der Waals surface area contributed by atoms with Gasteiger partial charge in [0.1, 0.15) is 5.00 Å².